The van der Waals surface area contributed by atoms with Crippen molar-refractivity contribution in [2.45, 2.75) is 0 Å². The van der Waals surface area contributed by atoms with Gasteiger partial charge in [-0.2, -0.15) is 0 Å². The number of fused-ring (bicyclic) bond motifs is 1. The molecule has 1 aromatic heterocycles. The van der Waals surface area contributed by atoms with Gasteiger partial charge in [0, 0.05) is 14.6 Å². The van der Waals surface area contributed by atoms with Crippen molar-refractivity contribution in [1.82, 2.24) is 0 Å². The van der Waals surface area contributed by atoms with Crippen molar-refractivity contribution < 1.29 is 0 Å². The van der Waals surface area contributed by atoms with Gasteiger partial charge in [0.05, 0.1) is 0 Å². The van der Waals surface area contributed by atoms with Gasteiger partial charge in [-0.1, -0.05) is 28.6 Å². The minimum atomic E-state index is 1.12. The third-order valence-corrected chi connectivity index (χ3v) is 3.26. The molecule has 0 N–H and O–H groups in total. The van der Waals surface area contributed by atoms with Gasteiger partial charge in [-0.25, -0.2) is 0 Å². The first-order valence-electron chi connectivity index (χ1n) is 3.60. The molecule has 0 unspecified atom stereocenters. The quantitative estimate of drug-likeness (QED) is 0.695. The van der Waals surface area contributed by atoms with E-state index in [9.17, 15) is 0 Å². The molecule has 0 bridgehead atoms. The van der Waals surface area contributed by atoms with Crippen molar-refractivity contribution in [2.75, 3.05) is 0 Å². The van der Waals surface area contributed by atoms with E-state index in [-0.39, 0.29) is 0 Å². The van der Waals surface area contributed by atoms with Crippen LogP contribution in [0.5, 0.6) is 0 Å². The van der Waals surface area contributed by atoms with E-state index in [0.29, 0.717) is 0 Å². The molecule has 0 saturated heterocycles. The first kappa shape index (κ1) is 8.02. The molecule has 12 heavy (non-hydrogen) atoms. The summed E-state index contributed by atoms with van der Waals surface area (Å²) in [5, 5.41) is 3.41. The first-order valence-corrected chi connectivity index (χ1v) is 5.28. The summed E-state index contributed by atoms with van der Waals surface area (Å²) in [7, 11) is 0. The van der Waals surface area contributed by atoms with Crippen molar-refractivity contribution in [1.29, 1.82) is 0 Å². The van der Waals surface area contributed by atoms with E-state index < -0.39 is 0 Å². The van der Waals surface area contributed by atoms with Crippen LogP contribution >= 0.6 is 27.3 Å². The minimum Gasteiger partial charge on any atom is -0.143 e. The van der Waals surface area contributed by atoms with E-state index in [2.05, 4.69) is 46.1 Å². The van der Waals surface area contributed by atoms with Crippen LogP contribution in [0.25, 0.3) is 16.2 Å². The zero-order valence-corrected chi connectivity index (χ0v) is 8.78. The minimum absolute atomic E-state index is 1.12. The summed E-state index contributed by atoms with van der Waals surface area (Å²) in [5.41, 5.74) is 1.22. The maximum absolute atomic E-state index is 3.77. The van der Waals surface area contributed by atoms with Gasteiger partial charge in [-0.05, 0) is 29.1 Å². The Morgan fingerprint density at radius 1 is 1.42 bits per heavy atom. The number of hydrogen-bond acceptors (Lipinski definition) is 1. The monoisotopic (exact) mass is 238 g/mol. The summed E-state index contributed by atoms with van der Waals surface area (Å²) in [5.74, 6) is 0. The highest BCUT2D eigenvalue weighted by molar-refractivity contribution is 9.10. The Labute approximate surface area is 83.7 Å². The lowest BCUT2D eigenvalue weighted by Gasteiger charge is -1.92. The maximum Gasteiger partial charge on any atom is 0.0349 e. The Hall–Kier alpha value is -0.600. The van der Waals surface area contributed by atoms with Crippen LogP contribution in [-0.4, -0.2) is 0 Å². The summed E-state index contributed by atoms with van der Waals surface area (Å²) >= 11 is 5.21. The largest absolute Gasteiger partial charge is 0.143 e. The number of halogens is 1. The molecule has 0 nitrogen and oxygen atoms in total. The summed E-state index contributed by atoms with van der Waals surface area (Å²) in [6, 6.07) is 6.31. The fourth-order valence-electron chi connectivity index (χ4n) is 1.18. The van der Waals surface area contributed by atoms with Crippen LogP contribution in [0.15, 0.2) is 34.6 Å². The molecule has 0 aliphatic carbocycles. The summed E-state index contributed by atoms with van der Waals surface area (Å²) in [6.45, 7) is 3.77. The molecule has 1 heterocycles. The van der Waals surface area contributed by atoms with Gasteiger partial charge in [-0.3, -0.25) is 0 Å². The van der Waals surface area contributed by atoms with Crippen LogP contribution in [-0.2, 0) is 0 Å². The zero-order valence-electron chi connectivity index (χ0n) is 6.38. The Kier molecular flexibility index (Phi) is 2.03. The number of rotatable bonds is 1. The third kappa shape index (κ3) is 1.21. The van der Waals surface area contributed by atoms with E-state index >= 15 is 0 Å². The van der Waals surface area contributed by atoms with Gasteiger partial charge in [0.1, 0.15) is 0 Å². The summed E-state index contributed by atoms with van der Waals surface area (Å²) < 4.78 is 2.43. The molecule has 0 saturated carbocycles. The molecular weight excluding hydrogens is 232 g/mol. The first-order chi connectivity index (χ1) is 5.81. The molecule has 1 aromatic carbocycles. The number of hydrogen-bond donors (Lipinski definition) is 0. The highest BCUT2D eigenvalue weighted by atomic mass is 79.9. The number of thiophene rings is 1. The Morgan fingerprint density at radius 2 is 2.25 bits per heavy atom. The molecule has 0 atom stereocenters. The second-order valence-corrected chi connectivity index (χ2v) is 4.36. The van der Waals surface area contributed by atoms with Crippen molar-refractivity contribution in [3.05, 3.63) is 40.2 Å². The fraction of sp³-hybridized carbons (Fsp3) is 0. The molecule has 2 aromatic rings. The molecule has 0 amide bonds. The second-order valence-electron chi connectivity index (χ2n) is 2.54. The highest BCUT2D eigenvalue weighted by Gasteiger charge is 2.00. The van der Waals surface area contributed by atoms with E-state index in [1.165, 1.54) is 15.6 Å². The van der Waals surface area contributed by atoms with Gasteiger partial charge in [0.2, 0.25) is 0 Å². The molecule has 0 spiro atoms. The Morgan fingerprint density at radius 3 is 3.00 bits per heavy atom. The van der Waals surface area contributed by atoms with Crippen LogP contribution in [0.1, 0.15) is 5.56 Å². The molecule has 2 heteroatoms. The molecule has 0 aliphatic rings. The van der Waals surface area contributed by atoms with Gasteiger partial charge in [0.25, 0.3) is 0 Å². The predicted octanol–water partition coefficient (Wildman–Crippen LogP) is 4.31. The summed E-state index contributed by atoms with van der Waals surface area (Å²) in [6.07, 6.45) is 1.89. The van der Waals surface area contributed by atoms with E-state index in [4.69, 9.17) is 0 Å². The van der Waals surface area contributed by atoms with Gasteiger partial charge < -0.3 is 0 Å². The van der Waals surface area contributed by atoms with E-state index in [1.54, 1.807) is 11.3 Å². The molecular formula is C10H7BrS. The van der Waals surface area contributed by atoms with Crippen molar-refractivity contribution in [2.24, 2.45) is 0 Å². The van der Waals surface area contributed by atoms with Crippen molar-refractivity contribution >= 4 is 43.4 Å². The summed E-state index contributed by atoms with van der Waals surface area (Å²) in [4.78, 5) is 0. The SMILES string of the molecule is C=Cc1csc2ccc(Br)cc12. The van der Waals surface area contributed by atoms with E-state index in [0.717, 1.165) is 4.47 Å². The lowest BCUT2D eigenvalue weighted by atomic mass is 10.2. The lowest BCUT2D eigenvalue weighted by Crippen LogP contribution is -1.67. The van der Waals surface area contributed by atoms with Crippen LogP contribution in [0.4, 0.5) is 0 Å². The average molecular weight is 239 g/mol. The predicted molar refractivity (Wildman–Crippen MR) is 59.6 cm³/mol. The van der Waals surface area contributed by atoms with Gasteiger partial charge >= 0.3 is 0 Å². The zero-order chi connectivity index (χ0) is 8.55. The van der Waals surface area contributed by atoms with Crippen LogP contribution in [0, 0.1) is 0 Å². The topological polar surface area (TPSA) is 0 Å². The normalized spacial score (nSPS) is 10.4. The Bertz CT molecular complexity index is 428. The molecule has 0 aliphatic heterocycles. The van der Waals surface area contributed by atoms with E-state index in [1.807, 2.05) is 6.08 Å². The van der Waals surface area contributed by atoms with Crippen molar-refractivity contribution in [3.8, 4) is 0 Å². The smallest absolute Gasteiger partial charge is 0.0349 e. The lowest BCUT2D eigenvalue weighted by molar-refractivity contribution is 1.76. The Balaban J connectivity index is 2.83. The highest BCUT2D eigenvalue weighted by Crippen LogP contribution is 2.29. The molecule has 60 valence electrons. The average Bonchev–Trinajstić information content (AvgIpc) is 2.46. The molecule has 0 radical (unpaired) electrons. The standard InChI is InChI=1S/C10H7BrS/c1-2-7-6-12-10-4-3-8(11)5-9(7)10/h2-6H,1H2. The van der Waals surface area contributed by atoms with Crippen LogP contribution in [0.3, 0.4) is 0 Å². The second kappa shape index (κ2) is 3.04. The van der Waals surface area contributed by atoms with Crippen molar-refractivity contribution in [3.63, 3.8) is 0 Å². The molecule has 2 rings (SSSR count). The third-order valence-electron chi connectivity index (χ3n) is 1.79. The van der Waals surface area contributed by atoms with Gasteiger partial charge in [-0.15, -0.1) is 11.3 Å². The number of benzene rings is 1. The maximum atomic E-state index is 3.77. The van der Waals surface area contributed by atoms with Crippen LogP contribution in [0.2, 0.25) is 0 Å². The fourth-order valence-corrected chi connectivity index (χ4v) is 2.47. The van der Waals surface area contributed by atoms with Crippen LogP contribution < -0.4 is 0 Å². The molecule has 0 fully saturated rings. The van der Waals surface area contributed by atoms with Gasteiger partial charge in [0.15, 0.2) is 0 Å².